The Balaban J connectivity index is 0.000000406. The summed E-state index contributed by atoms with van der Waals surface area (Å²) in [4.78, 5) is 17.8. The molecule has 0 spiro atoms. The molecule has 2 aromatic heterocycles. The first-order valence-electron chi connectivity index (χ1n) is 10.4. The van der Waals surface area contributed by atoms with E-state index >= 15 is 0 Å². The van der Waals surface area contributed by atoms with E-state index in [4.69, 9.17) is 19.6 Å². The van der Waals surface area contributed by atoms with Gasteiger partial charge in [0.1, 0.15) is 11.4 Å². The first-order chi connectivity index (χ1) is 16.3. The number of rotatable bonds is 6. The first-order valence-corrected chi connectivity index (χ1v) is 11.3. The number of carbonyl (C=O) groups is 1. The Labute approximate surface area is 198 Å². The third kappa shape index (κ3) is 7.03. The lowest BCUT2D eigenvalue weighted by Gasteiger charge is -2.14. The van der Waals surface area contributed by atoms with E-state index in [1.807, 2.05) is 13.0 Å². The number of pyridine rings is 1. The summed E-state index contributed by atoms with van der Waals surface area (Å²) in [5, 5.41) is 16.7. The Kier molecular flexibility index (Phi) is 8.61. The number of halogens is 3. The molecule has 0 aliphatic carbocycles. The van der Waals surface area contributed by atoms with Crippen LogP contribution in [0.25, 0.3) is 16.8 Å². The minimum Gasteiger partial charge on any atom is -0.492 e. The van der Waals surface area contributed by atoms with Crippen molar-refractivity contribution < 1.29 is 27.8 Å². The number of hydrogen-bond acceptors (Lipinski definition) is 7. The SMILES string of the molecule is CCOc1ccncc1Nc1nc(-c2ccc(C3=CCNCC3)cc2)cs1.O=C(O)C(F)(F)F. The summed E-state index contributed by atoms with van der Waals surface area (Å²) in [5.74, 6) is -1.98. The molecule has 1 aromatic carbocycles. The summed E-state index contributed by atoms with van der Waals surface area (Å²) in [6, 6.07) is 10.5. The number of benzene rings is 1. The molecular formula is C23H23F3N4O3S. The number of nitrogens with one attached hydrogen (secondary N) is 2. The van der Waals surface area contributed by atoms with Gasteiger partial charge in [0.2, 0.25) is 0 Å². The molecule has 11 heteroatoms. The van der Waals surface area contributed by atoms with Crippen molar-refractivity contribution in [1.29, 1.82) is 0 Å². The van der Waals surface area contributed by atoms with E-state index in [1.54, 1.807) is 23.7 Å². The first kappa shape index (κ1) is 25.2. The van der Waals surface area contributed by atoms with Crippen molar-refractivity contribution in [2.45, 2.75) is 19.5 Å². The van der Waals surface area contributed by atoms with Gasteiger partial charge in [-0.15, -0.1) is 11.3 Å². The van der Waals surface area contributed by atoms with Gasteiger partial charge in [-0.05, 0) is 31.0 Å². The molecule has 0 radical (unpaired) electrons. The fourth-order valence-corrected chi connectivity index (χ4v) is 3.81. The molecule has 0 amide bonds. The number of aromatic nitrogens is 2. The summed E-state index contributed by atoms with van der Waals surface area (Å²) in [7, 11) is 0. The molecule has 1 aliphatic heterocycles. The van der Waals surface area contributed by atoms with Gasteiger partial charge in [-0.25, -0.2) is 9.78 Å². The molecule has 1 aliphatic rings. The standard InChI is InChI=1S/C21H22N4OS.C2HF3O2/c1-2-26-20-9-12-23-13-18(20)24-21-25-19(14-27-21)17-5-3-15(4-6-17)16-7-10-22-11-8-16;3-2(4,5)1(6)7/h3-7,9,12-14,22H,2,8,10-11H2,1H3,(H,24,25);(H,6,7). The van der Waals surface area contributed by atoms with Gasteiger partial charge in [-0.3, -0.25) is 4.98 Å². The van der Waals surface area contributed by atoms with Crippen LogP contribution in [0.15, 0.2) is 54.2 Å². The van der Waals surface area contributed by atoms with Gasteiger partial charge in [0.25, 0.3) is 0 Å². The molecule has 0 fully saturated rings. The van der Waals surface area contributed by atoms with Gasteiger partial charge < -0.3 is 20.5 Å². The topological polar surface area (TPSA) is 96.4 Å². The lowest BCUT2D eigenvalue weighted by atomic mass is 9.99. The molecule has 7 nitrogen and oxygen atoms in total. The van der Waals surface area contributed by atoms with Gasteiger partial charge >= 0.3 is 12.1 Å². The van der Waals surface area contributed by atoms with Crippen LogP contribution in [0.5, 0.6) is 5.75 Å². The molecule has 3 heterocycles. The van der Waals surface area contributed by atoms with Crippen molar-refractivity contribution in [3.63, 3.8) is 0 Å². The minimum absolute atomic E-state index is 0.612. The second kappa shape index (κ2) is 11.6. The monoisotopic (exact) mass is 492 g/mol. The van der Waals surface area contributed by atoms with Crippen LogP contribution in [0.1, 0.15) is 18.9 Å². The third-order valence-corrected chi connectivity index (χ3v) is 5.44. The summed E-state index contributed by atoms with van der Waals surface area (Å²) in [5.41, 5.74) is 5.63. The number of hydrogen-bond donors (Lipinski definition) is 3. The van der Waals surface area contributed by atoms with E-state index < -0.39 is 12.1 Å². The van der Waals surface area contributed by atoms with Crippen molar-refractivity contribution >= 4 is 33.7 Å². The minimum atomic E-state index is -5.08. The molecule has 180 valence electrons. The van der Waals surface area contributed by atoms with Gasteiger partial charge in [0.15, 0.2) is 5.13 Å². The highest BCUT2D eigenvalue weighted by atomic mass is 32.1. The molecule has 0 unspecified atom stereocenters. The average Bonchev–Trinajstić information content (AvgIpc) is 3.29. The molecular weight excluding hydrogens is 469 g/mol. The van der Waals surface area contributed by atoms with E-state index in [2.05, 4.69) is 51.3 Å². The maximum Gasteiger partial charge on any atom is 0.490 e. The molecule has 0 bridgehead atoms. The van der Waals surface area contributed by atoms with Crippen molar-refractivity contribution in [2.24, 2.45) is 0 Å². The molecule has 0 atom stereocenters. The zero-order valence-electron chi connectivity index (χ0n) is 18.2. The second-order valence-corrected chi connectivity index (χ2v) is 7.89. The van der Waals surface area contributed by atoms with Crippen molar-refractivity contribution in [3.8, 4) is 17.0 Å². The van der Waals surface area contributed by atoms with Crippen LogP contribution in [0.4, 0.5) is 24.0 Å². The Hall–Kier alpha value is -3.44. The van der Waals surface area contributed by atoms with Crippen molar-refractivity contribution in [3.05, 3.63) is 59.7 Å². The number of carboxylic acids is 1. The van der Waals surface area contributed by atoms with Crippen LogP contribution in [-0.2, 0) is 4.79 Å². The lowest BCUT2D eigenvalue weighted by Crippen LogP contribution is -2.21. The van der Waals surface area contributed by atoms with Crippen molar-refractivity contribution in [2.75, 3.05) is 25.0 Å². The number of anilines is 2. The molecule has 0 saturated carbocycles. The Morgan fingerprint density at radius 2 is 1.94 bits per heavy atom. The Morgan fingerprint density at radius 1 is 1.24 bits per heavy atom. The highest BCUT2D eigenvalue weighted by Gasteiger charge is 2.38. The van der Waals surface area contributed by atoms with Gasteiger partial charge in [-0.2, -0.15) is 13.2 Å². The Bertz CT molecular complexity index is 1130. The maximum atomic E-state index is 10.6. The molecule has 3 aromatic rings. The lowest BCUT2D eigenvalue weighted by molar-refractivity contribution is -0.192. The normalized spacial score (nSPS) is 13.4. The molecule has 34 heavy (non-hydrogen) atoms. The van der Waals surface area contributed by atoms with E-state index in [0.717, 1.165) is 47.3 Å². The predicted molar refractivity (Wildman–Crippen MR) is 125 cm³/mol. The van der Waals surface area contributed by atoms with Crippen LogP contribution in [-0.4, -0.2) is 46.9 Å². The number of thiazole rings is 1. The summed E-state index contributed by atoms with van der Waals surface area (Å²) in [6.07, 6.45) is 1.75. The zero-order chi connectivity index (χ0) is 24.6. The van der Waals surface area contributed by atoms with Crippen LogP contribution < -0.4 is 15.4 Å². The average molecular weight is 493 g/mol. The van der Waals surface area contributed by atoms with Gasteiger partial charge in [0.05, 0.1) is 18.5 Å². The van der Waals surface area contributed by atoms with E-state index in [9.17, 15) is 13.2 Å². The number of carboxylic acid groups (broad SMARTS) is 1. The summed E-state index contributed by atoms with van der Waals surface area (Å²) < 4.78 is 37.4. The zero-order valence-corrected chi connectivity index (χ0v) is 19.0. The predicted octanol–water partition coefficient (Wildman–Crippen LogP) is 5.36. The van der Waals surface area contributed by atoms with Gasteiger partial charge in [-0.1, -0.05) is 30.3 Å². The summed E-state index contributed by atoms with van der Waals surface area (Å²) >= 11 is 1.57. The highest BCUT2D eigenvalue weighted by Crippen LogP contribution is 2.31. The van der Waals surface area contributed by atoms with E-state index in [-0.39, 0.29) is 0 Å². The Morgan fingerprint density at radius 3 is 2.56 bits per heavy atom. The second-order valence-electron chi connectivity index (χ2n) is 7.03. The third-order valence-electron chi connectivity index (χ3n) is 4.68. The fraction of sp³-hybridized carbons (Fsp3) is 0.261. The number of nitrogens with zero attached hydrogens (tertiary/aromatic N) is 2. The smallest absolute Gasteiger partial charge is 0.490 e. The quantitative estimate of drug-likeness (QED) is 0.426. The van der Waals surface area contributed by atoms with E-state index in [0.29, 0.717) is 6.61 Å². The maximum absolute atomic E-state index is 10.6. The number of alkyl halides is 3. The summed E-state index contributed by atoms with van der Waals surface area (Å²) in [6.45, 7) is 4.58. The highest BCUT2D eigenvalue weighted by molar-refractivity contribution is 7.14. The van der Waals surface area contributed by atoms with Crippen LogP contribution in [0.3, 0.4) is 0 Å². The largest absolute Gasteiger partial charge is 0.492 e. The molecule has 4 rings (SSSR count). The van der Waals surface area contributed by atoms with Gasteiger partial charge in [0, 0.05) is 29.8 Å². The number of aliphatic carboxylic acids is 1. The van der Waals surface area contributed by atoms with Crippen molar-refractivity contribution in [1.82, 2.24) is 15.3 Å². The number of ether oxygens (including phenoxy) is 1. The molecule has 3 N–H and O–H groups in total. The fourth-order valence-electron chi connectivity index (χ4n) is 3.08. The van der Waals surface area contributed by atoms with Crippen LogP contribution in [0.2, 0.25) is 0 Å². The van der Waals surface area contributed by atoms with Crippen LogP contribution in [0, 0.1) is 0 Å². The molecule has 0 saturated heterocycles. The van der Waals surface area contributed by atoms with E-state index in [1.165, 1.54) is 11.1 Å². The van der Waals surface area contributed by atoms with Crippen LogP contribution >= 0.6 is 11.3 Å².